The molecule has 0 bridgehead atoms. The fourth-order valence-electron chi connectivity index (χ4n) is 3.06. The van der Waals surface area contributed by atoms with Crippen molar-refractivity contribution in [2.45, 2.75) is 6.54 Å². The standard InChI is InChI=1S/C20H14FN7O3/c1-30-15-4-2-3-12(9-15)18-23-16(31-25-18)10-27-11-22-19-17(20(27)29)24-26-28(19)14-7-5-13(21)6-8-14/h2-9,11H,10H2,1H3. The van der Waals surface area contributed by atoms with Crippen molar-refractivity contribution in [3.63, 3.8) is 0 Å². The van der Waals surface area contributed by atoms with Crippen molar-refractivity contribution in [3.05, 3.63) is 76.9 Å². The second-order valence-electron chi connectivity index (χ2n) is 6.57. The summed E-state index contributed by atoms with van der Waals surface area (Å²) in [5.74, 6) is 0.889. The number of hydrogen-bond donors (Lipinski definition) is 0. The summed E-state index contributed by atoms with van der Waals surface area (Å²) >= 11 is 0. The molecule has 5 aromatic rings. The third kappa shape index (κ3) is 3.41. The van der Waals surface area contributed by atoms with Crippen LogP contribution in [0, 0.1) is 5.82 Å². The number of fused-ring (bicyclic) bond motifs is 1. The number of ether oxygens (including phenoxy) is 1. The zero-order valence-corrected chi connectivity index (χ0v) is 16.1. The van der Waals surface area contributed by atoms with Gasteiger partial charge in [-0.2, -0.15) is 9.67 Å². The van der Waals surface area contributed by atoms with E-state index in [1.54, 1.807) is 13.2 Å². The molecule has 0 spiro atoms. The topological polar surface area (TPSA) is 114 Å². The van der Waals surface area contributed by atoms with Gasteiger partial charge in [0, 0.05) is 5.56 Å². The molecule has 0 atom stereocenters. The van der Waals surface area contributed by atoms with Gasteiger partial charge in [-0.3, -0.25) is 9.36 Å². The minimum Gasteiger partial charge on any atom is -0.497 e. The van der Waals surface area contributed by atoms with E-state index < -0.39 is 5.56 Å². The second-order valence-corrected chi connectivity index (χ2v) is 6.57. The average molecular weight is 419 g/mol. The zero-order valence-electron chi connectivity index (χ0n) is 16.1. The van der Waals surface area contributed by atoms with Crippen molar-refractivity contribution in [2.24, 2.45) is 0 Å². The van der Waals surface area contributed by atoms with Crippen LogP contribution in [0.5, 0.6) is 5.75 Å². The van der Waals surface area contributed by atoms with Crippen molar-refractivity contribution in [2.75, 3.05) is 7.11 Å². The SMILES string of the molecule is COc1cccc(-c2noc(Cn3cnc4c(nnn4-c4ccc(F)cc4)c3=O)n2)c1. The molecule has 0 N–H and O–H groups in total. The number of halogens is 1. The van der Waals surface area contributed by atoms with Crippen LogP contribution in [0.25, 0.3) is 28.2 Å². The summed E-state index contributed by atoms with van der Waals surface area (Å²) in [6.45, 7) is 0.0160. The summed E-state index contributed by atoms with van der Waals surface area (Å²) in [5.41, 5.74) is 1.17. The Morgan fingerprint density at radius 1 is 1.16 bits per heavy atom. The van der Waals surface area contributed by atoms with E-state index in [9.17, 15) is 9.18 Å². The number of rotatable bonds is 5. The molecule has 0 aliphatic carbocycles. The average Bonchev–Trinajstić information content (AvgIpc) is 3.44. The number of nitrogens with zero attached hydrogens (tertiary/aromatic N) is 7. The Bertz CT molecular complexity index is 1440. The van der Waals surface area contributed by atoms with Gasteiger partial charge in [-0.1, -0.05) is 22.5 Å². The van der Waals surface area contributed by atoms with E-state index in [1.165, 1.54) is 39.8 Å². The lowest BCUT2D eigenvalue weighted by Crippen LogP contribution is -2.21. The van der Waals surface area contributed by atoms with Crippen molar-refractivity contribution in [1.82, 2.24) is 34.7 Å². The first-order valence-electron chi connectivity index (χ1n) is 9.16. The quantitative estimate of drug-likeness (QED) is 0.426. The molecular formula is C20H14FN7O3. The maximum absolute atomic E-state index is 13.2. The van der Waals surface area contributed by atoms with Gasteiger partial charge < -0.3 is 9.26 Å². The summed E-state index contributed by atoms with van der Waals surface area (Å²) in [7, 11) is 1.57. The molecule has 0 unspecified atom stereocenters. The minimum absolute atomic E-state index is 0.0160. The molecule has 0 amide bonds. The molecule has 0 fully saturated rings. The Hall–Kier alpha value is -4.41. The normalized spacial score (nSPS) is 11.2. The van der Waals surface area contributed by atoms with Gasteiger partial charge in [0.15, 0.2) is 11.2 Å². The highest BCUT2D eigenvalue weighted by atomic mass is 19.1. The van der Waals surface area contributed by atoms with E-state index in [0.717, 1.165) is 5.56 Å². The molecule has 0 aliphatic heterocycles. The monoisotopic (exact) mass is 419 g/mol. The van der Waals surface area contributed by atoms with Crippen LogP contribution in [0.2, 0.25) is 0 Å². The van der Waals surface area contributed by atoms with Crippen LogP contribution in [-0.4, -0.2) is 41.8 Å². The molecule has 0 saturated carbocycles. The van der Waals surface area contributed by atoms with Crippen LogP contribution in [-0.2, 0) is 6.54 Å². The highest BCUT2D eigenvalue weighted by Gasteiger charge is 2.16. The van der Waals surface area contributed by atoms with Gasteiger partial charge in [0.2, 0.25) is 11.7 Å². The zero-order chi connectivity index (χ0) is 21.4. The molecule has 3 aromatic heterocycles. The lowest BCUT2D eigenvalue weighted by molar-refractivity contribution is 0.369. The third-order valence-corrected chi connectivity index (χ3v) is 4.60. The van der Waals surface area contributed by atoms with Crippen LogP contribution in [0.3, 0.4) is 0 Å². The van der Waals surface area contributed by atoms with Gasteiger partial charge >= 0.3 is 0 Å². The van der Waals surface area contributed by atoms with E-state index in [0.29, 0.717) is 17.3 Å². The van der Waals surface area contributed by atoms with Crippen LogP contribution >= 0.6 is 0 Å². The fourth-order valence-corrected chi connectivity index (χ4v) is 3.06. The van der Waals surface area contributed by atoms with Crippen molar-refractivity contribution >= 4 is 11.2 Å². The Balaban J connectivity index is 1.45. The Kier molecular flexibility index (Phi) is 4.47. The Morgan fingerprint density at radius 3 is 2.81 bits per heavy atom. The van der Waals surface area contributed by atoms with Gasteiger partial charge in [-0.25, -0.2) is 9.37 Å². The number of benzene rings is 2. The van der Waals surface area contributed by atoms with Crippen LogP contribution in [0.4, 0.5) is 4.39 Å². The molecule has 0 aliphatic rings. The van der Waals surface area contributed by atoms with Gasteiger partial charge in [0.1, 0.15) is 24.4 Å². The molecule has 2 aromatic carbocycles. The lowest BCUT2D eigenvalue weighted by atomic mass is 10.2. The highest BCUT2D eigenvalue weighted by Crippen LogP contribution is 2.21. The summed E-state index contributed by atoms with van der Waals surface area (Å²) in [6.07, 6.45) is 1.35. The van der Waals surface area contributed by atoms with E-state index in [1.807, 2.05) is 18.2 Å². The number of methoxy groups -OCH3 is 1. The minimum atomic E-state index is -0.417. The highest BCUT2D eigenvalue weighted by molar-refractivity contribution is 5.70. The molecule has 154 valence electrons. The molecule has 11 heteroatoms. The molecule has 0 saturated heterocycles. The van der Waals surface area contributed by atoms with Crippen molar-refractivity contribution in [3.8, 4) is 22.8 Å². The molecule has 31 heavy (non-hydrogen) atoms. The molecule has 0 radical (unpaired) electrons. The van der Waals surface area contributed by atoms with E-state index in [2.05, 4.69) is 25.4 Å². The number of aromatic nitrogens is 7. The number of hydrogen-bond acceptors (Lipinski definition) is 8. The Morgan fingerprint density at radius 2 is 2.00 bits per heavy atom. The molecule has 3 heterocycles. The van der Waals surface area contributed by atoms with Crippen LogP contribution in [0.15, 0.2) is 64.2 Å². The predicted molar refractivity (Wildman–Crippen MR) is 106 cm³/mol. The second kappa shape index (κ2) is 7.44. The first-order chi connectivity index (χ1) is 15.1. The van der Waals surface area contributed by atoms with Crippen LogP contribution in [0.1, 0.15) is 5.89 Å². The van der Waals surface area contributed by atoms with Crippen LogP contribution < -0.4 is 10.3 Å². The van der Waals surface area contributed by atoms with Gasteiger partial charge in [-0.05, 0) is 36.4 Å². The predicted octanol–water partition coefficient (Wildman–Crippen LogP) is 2.22. The van der Waals surface area contributed by atoms with Gasteiger partial charge in [0.25, 0.3) is 5.56 Å². The maximum atomic E-state index is 13.2. The summed E-state index contributed by atoms with van der Waals surface area (Å²) in [5, 5.41) is 11.9. The molecule has 5 rings (SSSR count). The fraction of sp³-hybridized carbons (Fsp3) is 0.100. The lowest BCUT2D eigenvalue weighted by Gasteiger charge is -2.03. The van der Waals surface area contributed by atoms with E-state index >= 15 is 0 Å². The summed E-state index contributed by atoms with van der Waals surface area (Å²) in [6, 6.07) is 12.9. The van der Waals surface area contributed by atoms with Gasteiger partial charge in [-0.15, -0.1) is 5.10 Å². The Labute approximate surface area is 173 Å². The smallest absolute Gasteiger partial charge is 0.284 e. The molecule has 10 nitrogen and oxygen atoms in total. The van der Waals surface area contributed by atoms with E-state index in [4.69, 9.17) is 9.26 Å². The van der Waals surface area contributed by atoms with Gasteiger partial charge in [0.05, 0.1) is 12.8 Å². The summed E-state index contributed by atoms with van der Waals surface area (Å²) < 4.78 is 26.3. The van der Waals surface area contributed by atoms with Crippen molar-refractivity contribution in [1.29, 1.82) is 0 Å². The third-order valence-electron chi connectivity index (χ3n) is 4.60. The van der Waals surface area contributed by atoms with E-state index in [-0.39, 0.29) is 29.4 Å². The maximum Gasteiger partial charge on any atom is 0.284 e. The first-order valence-corrected chi connectivity index (χ1v) is 9.16. The summed E-state index contributed by atoms with van der Waals surface area (Å²) in [4.78, 5) is 21.5. The van der Waals surface area contributed by atoms with Crippen molar-refractivity contribution < 1.29 is 13.7 Å². The first kappa shape index (κ1) is 18.6. The molecular weight excluding hydrogens is 405 g/mol. The largest absolute Gasteiger partial charge is 0.497 e.